The summed E-state index contributed by atoms with van der Waals surface area (Å²) >= 11 is 0. The van der Waals surface area contributed by atoms with Crippen molar-refractivity contribution in [2.24, 2.45) is 0 Å². The zero-order valence-corrected chi connectivity index (χ0v) is 9.74. The lowest BCUT2D eigenvalue weighted by atomic mass is 10.3. The summed E-state index contributed by atoms with van der Waals surface area (Å²) in [6.07, 6.45) is 3.53. The van der Waals surface area contributed by atoms with Gasteiger partial charge in [0, 0.05) is 12.4 Å². The molecule has 0 unspecified atom stereocenters. The molecule has 0 saturated carbocycles. The zero-order chi connectivity index (χ0) is 13.8. The Hall–Kier alpha value is -2.90. The average molecular weight is 262 g/mol. The minimum absolute atomic E-state index is 0.0137. The molecule has 0 aliphatic heterocycles. The second kappa shape index (κ2) is 5.17. The zero-order valence-electron chi connectivity index (χ0n) is 9.74. The van der Waals surface area contributed by atoms with Crippen molar-refractivity contribution in [2.45, 2.75) is 0 Å². The second-order valence-electron chi connectivity index (χ2n) is 3.43. The summed E-state index contributed by atoms with van der Waals surface area (Å²) in [5.41, 5.74) is -0.0647. The third kappa shape index (κ3) is 2.51. The van der Waals surface area contributed by atoms with Crippen molar-refractivity contribution in [3.63, 3.8) is 0 Å². The van der Waals surface area contributed by atoms with Gasteiger partial charge in [-0.25, -0.2) is 19.1 Å². The molecule has 0 bridgehead atoms. The number of anilines is 1. The van der Waals surface area contributed by atoms with E-state index < -0.39 is 12.1 Å². The predicted molar refractivity (Wildman–Crippen MR) is 65.1 cm³/mol. The number of carbonyl (C=O) groups excluding carboxylic acids is 1. The molecule has 0 aliphatic carbocycles. The van der Waals surface area contributed by atoms with E-state index in [2.05, 4.69) is 22.0 Å². The van der Waals surface area contributed by atoms with Crippen molar-refractivity contribution in [1.82, 2.24) is 14.6 Å². The molecule has 8 heteroatoms. The van der Waals surface area contributed by atoms with Crippen LogP contribution in [0.2, 0.25) is 0 Å². The molecule has 98 valence electrons. The van der Waals surface area contributed by atoms with Crippen LogP contribution < -0.4 is 5.32 Å². The first-order chi connectivity index (χ1) is 9.13. The number of carboxylic acids is 1. The molecule has 1 amide bonds. The molecule has 2 rings (SSSR count). The van der Waals surface area contributed by atoms with Crippen molar-refractivity contribution in [3.05, 3.63) is 36.7 Å². The Bertz CT molecular complexity index is 649. The van der Waals surface area contributed by atoms with Crippen LogP contribution in [0.1, 0.15) is 10.4 Å². The maximum Gasteiger partial charge on any atom is 0.413 e. The number of rotatable bonds is 4. The molecular formula is C11H10N4O4. The van der Waals surface area contributed by atoms with Gasteiger partial charge in [0.25, 0.3) is 0 Å². The first-order valence-corrected chi connectivity index (χ1v) is 5.25. The van der Waals surface area contributed by atoms with Gasteiger partial charge in [0.1, 0.15) is 12.2 Å². The Morgan fingerprint density at radius 1 is 1.58 bits per heavy atom. The summed E-state index contributed by atoms with van der Waals surface area (Å²) in [6.45, 7) is 3.41. The number of nitrogens with zero attached hydrogens (tertiary/aromatic N) is 3. The molecule has 0 atom stereocenters. The van der Waals surface area contributed by atoms with Gasteiger partial charge in [-0.1, -0.05) is 12.7 Å². The fourth-order valence-corrected chi connectivity index (χ4v) is 1.44. The van der Waals surface area contributed by atoms with Gasteiger partial charge >= 0.3 is 12.1 Å². The summed E-state index contributed by atoms with van der Waals surface area (Å²) in [5, 5.41) is 15.3. The van der Waals surface area contributed by atoms with Crippen LogP contribution in [-0.4, -0.2) is 38.4 Å². The average Bonchev–Trinajstić information content (AvgIpc) is 2.74. The number of nitrogens with one attached hydrogen (secondary N) is 1. The highest BCUT2D eigenvalue weighted by atomic mass is 16.5. The minimum atomic E-state index is -1.24. The third-order valence-electron chi connectivity index (χ3n) is 2.16. The maximum absolute atomic E-state index is 11.4. The van der Waals surface area contributed by atoms with Crippen molar-refractivity contribution in [2.75, 3.05) is 11.9 Å². The molecule has 2 aromatic rings. The lowest BCUT2D eigenvalue weighted by Crippen LogP contribution is -2.16. The van der Waals surface area contributed by atoms with Gasteiger partial charge in [0.2, 0.25) is 0 Å². The molecule has 0 saturated heterocycles. The Kier molecular flexibility index (Phi) is 3.42. The normalized spacial score (nSPS) is 10.1. The highest BCUT2D eigenvalue weighted by Gasteiger charge is 2.21. The number of carbonyl (C=O) groups is 2. The summed E-state index contributed by atoms with van der Waals surface area (Å²) in [5.74, 6) is -1.37. The van der Waals surface area contributed by atoms with Crippen LogP contribution in [0.15, 0.2) is 31.1 Å². The SMILES string of the molecule is C=CCOC(=O)Nc1nn2cccnc2c1C(=O)O. The van der Waals surface area contributed by atoms with E-state index in [9.17, 15) is 9.59 Å². The van der Waals surface area contributed by atoms with Crippen LogP contribution >= 0.6 is 0 Å². The molecule has 0 aromatic carbocycles. The minimum Gasteiger partial charge on any atom is -0.477 e. The number of fused-ring (bicyclic) bond motifs is 1. The van der Waals surface area contributed by atoms with Gasteiger partial charge in [0.05, 0.1) is 0 Å². The molecule has 2 heterocycles. The Labute approximate surface area is 107 Å². The Morgan fingerprint density at radius 3 is 3.05 bits per heavy atom. The Balaban J connectivity index is 2.36. The number of hydrogen-bond acceptors (Lipinski definition) is 5. The highest BCUT2D eigenvalue weighted by molar-refractivity contribution is 6.02. The van der Waals surface area contributed by atoms with E-state index in [1.807, 2.05) is 0 Å². The fraction of sp³-hybridized carbons (Fsp3) is 0.0909. The number of carboxylic acid groups (broad SMARTS) is 1. The molecule has 19 heavy (non-hydrogen) atoms. The van der Waals surface area contributed by atoms with E-state index in [1.165, 1.54) is 23.0 Å². The Morgan fingerprint density at radius 2 is 2.37 bits per heavy atom. The van der Waals surface area contributed by atoms with E-state index in [0.29, 0.717) is 0 Å². The summed E-state index contributed by atoms with van der Waals surface area (Å²) in [6, 6.07) is 1.59. The van der Waals surface area contributed by atoms with Crippen LogP contribution in [0.25, 0.3) is 5.65 Å². The van der Waals surface area contributed by atoms with Crippen molar-refractivity contribution < 1.29 is 19.4 Å². The van der Waals surface area contributed by atoms with Gasteiger partial charge in [-0.3, -0.25) is 5.32 Å². The maximum atomic E-state index is 11.4. The van der Waals surface area contributed by atoms with Crippen LogP contribution in [0.4, 0.5) is 10.6 Å². The van der Waals surface area contributed by atoms with E-state index in [4.69, 9.17) is 9.84 Å². The topological polar surface area (TPSA) is 106 Å². The predicted octanol–water partition coefficient (Wildman–Crippen LogP) is 1.16. The van der Waals surface area contributed by atoms with Gasteiger partial charge in [-0.05, 0) is 6.07 Å². The lowest BCUT2D eigenvalue weighted by molar-refractivity contribution is 0.0700. The lowest BCUT2D eigenvalue weighted by Gasteiger charge is -2.02. The second-order valence-corrected chi connectivity index (χ2v) is 3.43. The first kappa shape index (κ1) is 12.6. The number of amides is 1. The quantitative estimate of drug-likeness (QED) is 0.801. The fourth-order valence-electron chi connectivity index (χ4n) is 1.44. The van der Waals surface area contributed by atoms with Gasteiger partial charge in [-0.15, -0.1) is 5.10 Å². The van der Waals surface area contributed by atoms with Crippen LogP contribution in [0.3, 0.4) is 0 Å². The van der Waals surface area contributed by atoms with Crippen molar-refractivity contribution in [1.29, 1.82) is 0 Å². The standard InChI is InChI=1S/C11H10N4O4/c1-2-6-19-11(18)13-8-7(10(16)17)9-12-4-3-5-15(9)14-8/h2-5H,1,6H2,(H,16,17)(H,13,14,18). The smallest absolute Gasteiger partial charge is 0.413 e. The largest absolute Gasteiger partial charge is 0.477 e. The van der Waals surface area contributed by atoms with E-state index in [1.54, 1.807) is 6.07 Å². The highest BCUT2D eigenvalue weighted by Crippen LogP contribution is 2.18. The van der Waals surface area contributed by atoms with Crippen LogP contribution in [0, 0.1) is 0 Å². The van der Waals surface area contributed by atoms with Gasteiger partial charge in [0.15, 0.2) is 11.5 Å². The van der Waals surface area contributed by atoms with Crippen molar-refractivity contribution in [3.8, 4) is 0 Å². The van der Waals surface area contributed by atoms with Crippen molar-refractivity contribution >= 4 is 23.5 Å². The first-order valence-electron chi connectivity index (χ1n) is 5.25. The molecular weight excluding hydrogens is 252 g/mol. The molecule has 0 radical (unpaired) electrons. The molecule has 2 aromatic heterocycles. The van der Waals surface area contributed by atoms with Crippen LogP contribution in [0.5, 0.6) is 0 Å². The third-order valence-corrected chi connectivity index (χ3v) is 2.16. The number of hydrogen-bond donors (Lipinski definition) is 2. The number of ether oxygens (including phenoxy) is 1. The van der Waals surface area contributed by atoms with Gasteiger partial charge in [-0.2, -0.15) is 0 Å². The van der Waals surface area contributed by atoms with E-state index in [0.717, 1.165) is 0 Å². The molecule has 0 fully saturated rings. The molecule has 2 N–H and O–H groups in total. The monoisotopic (exact) mass is 262 g/mol. The number of aromatic carboxylic acids is 1. The molecule has 0 spiro atoms. The summed E-state index contributed by atoms with van der Waals surface area (Å²) in [4.78, 5) is 26.5. The van der Waals surface area contributed by atoms with E-state index >= 15 is 0 Å². The molecule has 8 nitrogen and oxygen atoms in total. The number of aromatic nitrogens is 3. The summed E-state index contributed by atoms with van der Waals surface area (Å²) in [7, 11) is 0. The van der Waals surface area contributed by atoms with Crippen LogP contribution in [-0.2, 0) is 4.74 Å². The molecule has 0 aliphatic rings. The van der Waals surface area contributed by atoms with Gasteiger partial charge < -0.3 is 9.84 Å². The van der Waals surface area contributed by atoms with E-state index in [-0.39, 0.29) is 23.6 Å². The summed E-state index contributed by atoms with van der Waals surface area (Å²) < 4.78 is 5.95.